The lowest BCUT2D eigenvalue weighted by molar-refractivity contribution is -0.113. The molecule has 1 aliphatic rings. The minimum atomic E-state index is -0.344. The lowest BCUT2D eigenvalue weighted by Crippen LogP contribution is -1.97. The van der Waals surface area contributed by atoms with Crippen molar-refractivity contribution in [1.29, 1.82) is 0 Å². The first-order valence-corrected chi connectivity index (χ1v) is 6.47. The number of hydrogen-bond acceptors (Lipinski definition) is 5. The SMILES string of the molecule is O=C1C=CC(=O)C=C1.O=c1ccc2cc3ccoc3cc2o1. The number of benzene rings is 1. The number of allylic oxidation sites excluding steroid dienone is 4. The topological polar surface area (TPSA) is 77.5 Å². The van der Waals surface area contributed by atoms with Gasteiger partial charge in [0.25, 0.3) is 0 Å². The Bertz CT molecular complexity index is 947. The van der Waals surface area contributed by atoms with E-state index in [-0.39, 0.29) is 17.2 Å². The van der Waals surface area contributed by atoms with E-state index in [0.717, 1.165) is 16.4 Å². The zero-order valence-electron chi connectivity index (χ0n) is 11.3. The molecule has 0 spiro atoms. The van der Waals surface area contributed by atoms with Gasteiger partial charge in [0.05, 0.1) is 6.26 Å². The molecule has 5 nitrogen and oxygen atoms in total. The molecule has 108 valence electrons. The van der Waals surface area contributed by atoms with Crippen molar-refractivity contribution in [2.24, 2.45) is 0 Å². The van der Waals surface area contributed by atoms with Crippen LogP contribution in [0.15, 0.2) is 74.5 Å². The monoisotopic (exact) mass is 294 g/mol. The number of furan rings is 1. The molecule has 22 heavy (non-hydrogen) atoms. The molecule has 3 aromatic rings. The van der Waals surface area contributed by atoms with Gasteiger partial charge in [-0.2, -0.15) is 0 Å². The van der Waals surface area contributed by atoms with Crippen LogP contribution in [0.3, 0.4) is 0 Å². The van der Waals surface area contributed by atoms with Gasteiger partial charge < -0.3 is 8.83 Å². The fraction of sp³-hybridized carbons (Fsp3) is 0. The van der Waals surface area contributed by atoms with Crippen LogP contribution in [0.1, 0.15) is 0 Å². The quantitative estimate of drug-likeness (QED) is 0.470. The molecule has 0 radical (unpaired) electrons. The van der Waals surface area contributed by atoms with Gasteiger partial charge in [0.2, 0.25) is 0 Å². The van der Waals surface area contributed by atoms with Gasteiger partial charge in [-0.3, -0.25) is 9.59 Å². The molecule has 0 bridgehead atoms. The molecule has 0 saturated carbocycles. The maximum atomic E-state index is 11.0. The maximum absolute atomic E-state index is 11.0. The highest BCUT2D eigenvalue weighted by atomic mass is 16.4. The van der Waals surface area contributed by atoms with Crippen LogP contribution in [-0.4, -0.2) is 11.6 Å². The molecule has 1 aromatic carbocycles. The van der Waals surface area contributed by atoms with Crippen molar-refractivity contribution in [3.8, 4) is 0 Å². The number of rotatable bonds is 0. The van der Waals surface area contributed by atoms with Crippen molar-refractivity contribution < 1.29 is 18.4 Å². The van der Waals surface area contributed by atoms with Gasteiger partial charge in [-0.15, -0.1) is 0 Å². The van der Waals surface area contributed by atoms with Crippen LogP contribution in [-0.2, 0) is 9.59 Å². The average Bonchev–Trinajstić information content (AvgIpc) is 2.96. The van der Waals surface area contributed by atoms with E-state index < -0.39 is 0 Å². The highest BCUT2D eigenvalue weighted by molar-refractivity contribution is 6.14. The van der Waals surface area contributed by atoms with Crippen molar-refractivity contribution in [2.75, 3.05) is 0 Å². The van der Waals surface area contributed by atoms with E-state index in [9.17, 15) is 14.4 Å². The Balaban J connectivity index is 0.000000154. The summed E-state index contributed by atoms with van der Waals surface area (Å²) in [6, 6.07) is 8.69. The maximum Gasteiger partial charge on any atom is 0.336 e. The molecule has 2 heterocycles. The van der Waals surface area contributed by atoms with Gasteiger partial charge in [-0.05, 0) is 42.5 Å². The number of hydrogen-bond donors (Lipinski definition) is 0. The van der Waals surface area contributed by atoms with Crippen LogP contribution in [0.5, 0.6) is 0 Å². The molecular formula is C17H10O5. The third-order valence-corrected chi connectivity index (χ3v) is 3.02. The van der Waals surface area contributed by atoms with Gasteiger partial charge in [0.1, 0.15) is 11.2 Å². The summed E-state index contributed by atoms with van der Waals surface area (Å²) in [5, 5.41) is 1.91. The first kappa shape index (κ1) is 13.8. The van der Waals surface area contributed by atoms with Crippen LogP contribution < -0.4 is 5.63 Å². The molecule has 0 aliphatic heterocycles. The second kappa shape index (κ2) is 5.65. The molecule has 0 N–H and O–H groups in total. The molecule has 0 unspecified atom stereocenters. The summed E-state index contributed by atoms with van der Waals surface area (Å²) in [7, 11) is 0. The standard InChI is InChI=1S/C11H6O3.C6H4O2/c12-11-2-1-7-5-8-3-4-13-9(8)6-10(7)14-11;7-5-1-2-6(8)4-3-5/h1-6H;1-4H. The van der Waals surface area contributed by atoms with Gasteiger partial charge in [-0.25, -0.2) is 4.79 Å². The molecule has 0 amide bonds. The second-order valence-corrected chi connectivity index (χ2v) is 4.57. The van der Waals surface area contributed by atoms with Crippen LogP contribution >= 0.6 is 0 Å². The summed E-state index contributed by atoms with van der Waals surface area (Å²) in [6.07, 6.45) is 6.62. The van der Waals surface area contributed by atoms with Crippen LogP contribution in [0.4, 0.5) is 0 Å². The van der Waals surface area contributed by atoms with Crippen molar-refractivity contribution in [3.63, 3.8) is 0 Å². The van der Waals surface area contributed by atoms with Gasteiger partial charge >= 0.3 is 5.63 Å². The van der Waals surface area contributed by atoms with Gasteiger partial charge in [0.15, 0.2) is 11.6 Å². The van der Waals surface area contributed by atoms with Gasteiger partial charge in [-0.1, -0.05) is 0 Å². The Morgan fingerprint density at radius 1 is 0.682 bits per heavy atom. The van der Waals surface area contributed by atoms with Crippen LogP contribution in [0, 0.1) is 0 Å². The van der Waals surface area contributed by atoms with Gasteiger partial charge in [0, 0.05) is 22.9 Å². The van der Waals surface area contributed by atoms with Crippen molar-refractivity contribution >= 4 is 33.5 Å². The van der Waals surface area contributed by atoms with E-state index in [1.165, 1.54) is 30.4 Å². The third-order valence-electron chi connectivity index (χ3n) is 3.02. The Kier molecular flexibility index (Phi) is 3.53. The molecule has 5 heteroatoms. The predicted octanol–water partition coefficient (Wildman–Crippen LogP) is 2.79. The summed E-state index contributed by atoms with van der Waals surface area (Å²) in [4.78, 5) is 31.5. The first-order valence-electron chi connectivity index (χ1n) is 6.47. The number of fused-ring (bicyclic) bond motifs is 2. The first-order chi connectivity index (χ1) is 10.6. The van der Waals surface area contributed by atoms with E-state index in [4.69, 9.17) is 8.83 Å². The highest BCUT2D eigenvalue weighted by Crippen LogP contribution is 2.22. The zero-order chi connectivity index (χ0) is 15.5. The van der Waals surface area contributed by atoms with E-state index in [2.05, 4.69) is 0 Å². The smallest absolute Gasteiger partial charge is 0.336 e. The van der Waals surface area contributed by atoms with E-state index in [0.29, 0.717) is 5.58 Å². The normalized spacial score (nSPS) is 13.5. The second-order valence-electron chi connectivity index (χ2n) is 4.57. The largest absolute Gasteiger partial charge is 0.464 e. The van der Waals surface area contributed by atoms with Crippen LogP contribution in [0.25, 0.3) is 21.9 Å². The van der Waals surface area contributed by atoms with E-state index in [1.807, 2.05) is 12.1 Å². The summed E-state index contributed by atoms with van der Waals surface area (Å²) in [5.41, 5.74) is 0.940. The van der Waals surface area contributed by atoms with E-state index in [1.54, 1.807) is 18.4 Å². The fourth-order valence-electron chi connectivity index (χ4n) is 1.97. The molecule has 2 aromatic heterocycles. The molecule has 1 aliphatic carbocycles. The number of ketones is 2. The molecular weight excluding hydrogens is 284 g/mol. The zero-order valence-corrected chi connectivity index (χ0v) is 11.3. The third kappa shape index (κ3) is 2.93. The number of carbonyl (C=O) groups excluding carboxylic acids is 2. The summed E-state index contributed by atoms with van der Waals surface area (Å²) in [6.45, 7) is 0. The predicted molar refractivity (Wildman–Crippen MR) is 80.6 cm³/mol. The van der Waals surface area contributed by atoms with Crippen molar-refractivity contribution in [2.45, 2.75) is 0 Å². The molecule has 0 fully saturated rings. The lowest BCUT2D eigenvalue weighted by Gasteiger charge is -1.94. The molecule has 4 rings (SSSR count). The average molecular weight is 294 g/mol. The summed E-state index contributed by atoms with van der Waals surface area (Å²) >= 11 is 0. The highest BCUT2D eigenvalue weighted by Gasteiger charge is 2.02. The Hall–Kier alpha value is -3.21. The molecule has 0 saturated heterocycles. The Morgan fingerprint density at radius 3 is 2.00 bits per heavy atom. The Morgan fingerprint density at radius 2 is 1.32 bits per heavy atom. The fourth-order valence-corrected chi connectivity index (χ4v) is 1.97. The Labute approximate surface area is 124 Å². The lowest BCUT2D eigenvalue weighted by atomic mass is 10.2. The minimum Gasteiger partial charge on any atom is -0.464 e. The van der Waals surface area contributed by atoms with Crippen LogP contribution in [0.2, 0.25) is 0 Å². The minimum absolute atomic E-state index is 0.121. The van der Waals surface area contributed by atoms with E-state index >= 15 is 0 Å². The summed E-state index contributed by atoms with van der Waals surface area (Å²) < 4.78 is 10.2. The molecule has 0 atom stereocenters. The van der Waals surface area contributed by atoms with Crippen molar-refractivity contribution in [3.05, 3.63) is 71.3 Å². The van der Waals surface area contributed by atoms with Crippen molar-refractivity contribution in [1.82, 2.24) is 0 Å². The number of carbonyl (C=O) groups is 2. The summed E-state index contributed by atoms with van der Waals surface area (Å²) in [5.74, 6) is -0.241.